The summed E-state index contributed by atoms with van der Waals surface area (Å²) in [5.41, 5.74) is 0.867. The topological polar surface area (TPSA) is 104 Å². The quantitative estimate of drug-likeness (QED) is 0.446. The maximum atomic E-state index is 13.3. The Morgan fingerprint density at radius 2 is 1.93 bits per heavy atom. The molecule has 0 aromatic heterocycles. The third-order valence-corrected chi connectivity index (χ3v) is 10.3. The molecule has 1 aromatic rings. The van der Waals surface area contributed by atoms with Gasteiger partial charge in [0, 0.05) is 19.1 Å². The molecular formula is C32H47BN4O4. The molecule has 6 rings (SSSR count). The maximum Gasteiger partial charge on any atom is 0.482 e. The number of nitrogens with zero attached hydrogens (tertiary/aromatic N) is 2. The first-order valence-electron chi connectivity index (χ1n) is 15.4. The minimum atomic E-state index is -0.669. The molecular weight excluding hydrogens is 515 g/mol. The van der Waals surface area contributed by atoms with Gasteiger partial charge in [0.2, 0.25) is 5.91 Å². The van der Waals surface area contributed by atoms with E-state index in [0.717, 1.165) is 24.8 Å². The highest BCUT2D eigenvalue weighted by Gasteiger charge is 2.68. The van der Waals surface area contributed by atoms with Crippen molar-refractivity contribution in [1.82, 2.24) is 15.5 Å². The summed E-state index contributed by atoms with van der Waals surface area (Å²) in [5, 5.41) is 15.9. The van der Waals surface area contributed by atoms with E-state index in [2.05, 4.69) is 49.6 Å². The summed E-state index contributed by atoms with van der Waals surface area (Å²) in [4.78, 5) is 28.3. The standard InChI is InChI=1S/C32H47BN4O4/c1-30(2,3)18-22(19-34)28(38)37-14-10-13-24(37)20-35-29(39)36-27(15-21-11-8-7-9-12-21)33-40-26-17-23-16-25(31(23,4)5)32(26,6)41-33/h7-9,11-12,22-27H,10,13-18,20H2,1-6H3,(H2,35,36,39)/t22?,23-,24-,25-,26+,27-,32-/m0/s1. The molecule has 5 fully saturated rings. The molecule has 7 atom stereocenters. The Morgan fingerprint density at radius 3 is 2.59 bits per heavy atom. The summed E-state index contributed by atoms with van der Waals surface area (Å²) < 4.78 is 13.3. The van der Waals surface area contributed by atoms with Crippen LogP contribution in [-0.2, 0) is 20.5 Å². The number of nitrogens with one attached hydrogen (secondary N) is 2. The number of hydrogen-bond donors (Lipinski definition) is 2. The Labute approximate surface area is 246 Å². The number of nitriles is 1. The molecule has 1 unspecified atom stereocenters. The van der Waals surface area contributed by atoms with Gasteiger partial charge in [-0.2, -0.15) is 5.26 Å². The first kappa shape index (κ1) is 29.9. The van der Waals surface area contributed by atoms with Crippen molar-refractivity contribution in [2.24, 2.45) is 28.6 Å². The third-order valence-electron chi connectivity index (χ3n) is 10.3. The van der Waals surface area contributed by atoms with Gasteiger partial charge in [-0.15, -0.1) is 0 Å². The van der Waals surface area contributed by atoms with E-state index in [4.69, 9.17) is 9.31 Å². The van der Waals surface area contributed by atoms with Crippen molar-refractivity contribution in [3.05, 3.63) is 35.9 Å². The summed E-state index contributed by atoms with van der Waals surface area (Å²) in [6.45, 7) is 14.0. The molecule has 3 saturated carbocycles. The van der Waals surface area contributed by atoms with E-state index in [9.17, 15) is 14.9 Å². The second-order valence-corrected chi connectivity index (χ2v) is 14.8. The van der Waals surface area contributed by atoms with E-state index in [1.165, 1.54) is 6.42 Å². The fourth-order valence-corrected chi connectivity index (χ4v) is 7.92. The fourth-order valence-electron chi connectivity index (χ4n) is 7.92. The molecule has 0 spiro atoms. The van der Waals surface area contributed by atoms with Crippen LogP contribution < -0.4 is 10.6 Å². The molecule has 41 heavy (non-hydrogen) atoms. The van der Waals surface area contributed by atoms with Crippen LogP contribution in [0.1, 0.15) is 79.2 Å². The number of urea groups is 1. The lowest BCUT2D eigenvalue weighted by molar-refractivity contribution is -0.199. The number of hydrogen-bond acceptors (Lipinski definition) is 5. The Balaban J connectivity index is 1.23. The summed E-state index contributed by atoms with van der Waals surface area (Å²) in [7, 11) is -0.538. The molecule has 222 valence electrons. The molecule has 0 radical (unpaired) electrons. The second kappa shape index (κ2) is 11.3. The molecule has 5 aliphatic rings. The van der Waals surface area contributed by atoms with Gasteiger partial charge in [-0.05, 0) is 73.7 Å². The molecule has 9 heteroatoms. The molecule has 2 bridgehead atoms. The normalized spacial score (nSPS) is 31.4. The number of amides is 3. The molecule has 1 aromatic carbocycles. The number of carbonyl (C=O) groups is 2. The predicted molar refractivity (Wildman–Crippen MR) is 158 cm³/mol. The van der Waals surface area contributed by atoms with Crippen molar-refractivity contribution in [3.63, 3.8) is 0 Å². The summed E-state index contributed by atoms with van der Waals surface area (Å²) in [6, 6.07) is 11.9. The zero-order valence-corrected chi connectivity index (χ0v) is 25.6. The zero-order chi connectivity index (χ0) is 29.6. The van der Waals surface area contributed by atoms with E-state index < -0.39 is 13.0 Å². The van der Waals surface area contributed by atoms with Crippen molar-refractivity contribution in [2.75, 3.05) is 13.1 Å². The van der Waals surface area contributed by atoms with Crippen molar-refractivity contribution in [1.29, 1.82) is 5.26 Å². The Bertz CT molecular complexity index is 1160. The van der Waals surface area contributed by atoms with E-state index >= 15 is 0 Å². The predicted octanol–water partition coefficient (Wildman–Crippen LogP) is 4.73. The van der Waals surface area contributed by atoms with Crippen LogP contribution in [-0.4, -0.2) is 60.7 Å². The molecule has 2 aliphatic heterocycles. The lowest BCUT2D eigenvalue weighted by Crippen LogP contribution is -2.65. The smallest absolute Gasteiger partial charge is 0.404 e. The van der Waals surface area contributed by atoms with Crippen molar-refractivity contribution in [3.8, 4) is 6.07 Å². The Morgan fingerprint density at radius 1 is 1.20 bits per heavy atom. The van der Waals surface area contributed by atoms with Gasteiger partial charge < -0.3 is 24.8 Å². The molecule has 2 saturated heterocycles. The average molecular weight is 563 g/mol. The van der Waals surface area contributed by atoms with Gasteiger partial charge in [-0.1, -0.05) is 65.0 Å². The minimum absolute atomic E-state index is 0.0339. The highest BCUT2D eigenvalue weighted by molar-refractivity contribution is 6.48. The van der Waals surface area contributed by atoms with E-state index in [1.807, 2.05) is 39.0 Å². The van der Waals surface area contributed by atoms with Crippen molar-refractivity contribution in [2.45, 2.75) is 104 Å². The lowest BCUT2D eigenvalue weighted by Gasteiger charge is -2.64. The Kier molecular flexibility index (Phi) is 8.21. The van der Waals surface area contributed by atoms with Crippen molar-refractivity contribution >= 4 is 19.1 Å². The number of rotatable bonds is 8. The highest BCUT2D eigenvalue weighted by Crippen LogP contribution is 2.65. The molecule has 2 heterocycles. The lowest BCUT2D eigenvalue weighted by atomic mass is 9.43. The van der Waals surface area contributed by atoms with Crippen LogP contribution in [0, 0.1) is 39.9 Å². The summed E-state index contributed by atoms with van der Waals surface area (Å²) >= 11 is 0. The van der Waals surface area contributed by atoms with Crippen LogP contribution in [0.3, 0.4) is 0 Å². The molecule has 3 amide bonds. The van der Waals surface area contributed by atoms with E-state index in [-0.39, 0.29) is 46.5 Å². The van der Waals surface area contributed by atoms with Gasteiger partial charge >= 0.3 is 13.1 Å². The van der Waals surface area contributed by atoms with Crippen LogP contribution in [0.15, 0.2) is 30.3 Å². The molecule has 3 aliphatic carbocycles. The second-order valence-electron chi connectivity index (χ2n) is 14.8. The Hall–Kier alpha value is -2.57. The van der Waals surface area contributed by atoms with Crippen LogP contribution in [0.4, 0.5) is 4.79 Å². The van der Waals surface area contributed by atoms with E-state index in [0.29, 0.717) is 37.8 Å². The SMILES string of the molecule is CC(C)(C)CC(C#N)C(=O)N1CCC[C@H]1CNC(=O)N[C@@H](Cc1ccccc1)B1O[C@@H]2C[C@@H]3C[C@@H](C3(C)C)[C@]2(C)O1. The minimum Gasteiger partial charge on any atom is -0.404 e. The van der Waals surface area contributed by atoms with Crippen LogP contribution in [0.5, 0.6) is 0 Å². The van der Waals surface area contributed by atoms with Gasteiger partial charge in [0.1, 0.15) is 5.92 Å². The maximum absolute atomic E-state index is 13.3. The zero-order valence-electron chi connectivity index (χ0n) is 25.6. The first-order chi connectivity index (χ1) is 19.3. The van der Waals surface area contributed by atoms with Crippen LogP contribution in [0.25, 0.3) is 0 Å². The summed E-state index contributed by atoms with van der Waals surface area (Å²) in [5.74, 6) is -0.0679. The van der Waals surface area contributed by atoms with Gasteiger partial charge in [0.05, 0.1) is 23.7 Å². The van der Waals surface area contributed by atoms with Crippen LogP contribution >= 0.6 is 0 Å². The van der Waals surface area contributed by atoms with Gasteiger partial charge in [-0.25, -0.2) is 4.79 Å². The largest absolute Gasteiger partial charge is 0.482 e. The first-order valence-corrected chi connectivity index (χ1v) is 15.4. The van der Waals surface area contributed by atoms with Gasteiger partial charge in [0.25, 0.3) is 0 Å². The molecule has 8 nitrogen and oxygen atoms in total. The van der Waals surface area contributed by atoms with Crippen molar-refractivity contribution < 1.29 is 18.9 Å². The number of carbonyl (C=O) groups excluding carboxylic acids is 2. The van der Waals surface area contributed by atoms with E-state index in [1.54, 1.807) is 4.90 Å². The highest BCUT2D eigenvalue weighted by atomic mass is 16.7. The monoisotopic (exact) mass is 562 g/mol. The summed E-state index contributed by atoms with van der Waals surface area (Å²) in [6.07, 6.45) is 4.97. The average Bonchev–Trinajstić information content (AvgIpc) is 3.53. The fraction of sp³-hybridized carbons (Fsp3) is 0.719. The van der Waals surface area contributed by atoms with Gasteiger partial charge in [-0.3, -0.25) is 4.79 Å². The molecule has 2 N–H and O–H groups in total. The third kappa shape index (κ3) is 6.01. The van der Waals surface area contributed by atoms with Gasteiger partial charge in [0.15, 0.2) is 0 Å². The number of benzene rings is 1. The number of likely N-dealkylation sites (tertiary alicyclic amines) is 1. The van der Waals surface area contributed by atoms with Crippen LogP contribution in [0.2, 0.25) is 0 Å².